The fraction of sp³-hybridized carbons (Fsp3) is 0.0303. The number of carbonyl (C=O) groups excluding carboxylic acids is 4. The summed E-state index contributed by atoms with van der Waals surface area (Å²) in [6.07, 6.45) is 6.50. The summed E-state index contributed by atoms with van der Waals surface area (Å²) in [7, 11) is 0. The summed E-state index contributed by atoms with van der Waals surface area (Å²) >= 11 is 5.35. The van der Waals surface area contributed by atoms with Gasteiger partial charge in [-0.15, -0.1) is 0 Å². The van der Waals surface area contributed by atoms with Gasteiger partial charge in [0.1, 0.15) is 0 Å². The molecule has 0 fully saturated rings. The van der Waals surface area contributed by atoms with Crippen molar-refractivity contribution in [2.24, 2.45) is 0 Å². The molecule has 38 heavy (non-hydrogen) atoms. The van der Waals surface area contributed by atoms with Crippen LogP contribution in [0.1, 0.15) is 59.5 Å². The maximum atomic E-state index is 11.9. The molecule has 0 heterocycles. The van der Waals surface area contributed by atoms with Crippen molar-refractivity contribution < 1.29 is 19.2 Å². The van der Waals surface area contributed by atoms with E-state index in [1.54, 1.807) is 72.8 Å². The first-order valence-corrected chi connectivity index (χ1v) is 12.2. The van der Waals surface area contributed by atoms with Gasteiger partial charge in [-0.3, -0.25) is 19.2 Å². The second kappa shape index (κ2) is 14.2. The average molecular weight is 521 g/mol. The topological polar surface area (TPSA) is 68.3 Å². The molecule has 0 saturated carbocycles. The number of halogens is 1. The molecule has 0 amide bonds. The van der Waals surface area contributed by atoms with Gasteiger partial charge in [-0.25, -0.2) is 0 Å². The zero-order valence-corrected chi connectivity index (χ0v) is 21.5. The monoisotopic (exact) mass is 520 g/mol. The summed E-state index contributed by atoms with van der Waals surface area (Å²) in [4.78, 5) is 45.7. The van der Waals surface area contributed by atoms with Crippen LogP contribution in [-0.4, -0.2) is 22.6 Å². The number of carbonyl (C=O) groups is 4. The molecule has 0 N–H and O–H groups in total. The number of rotatable bonds is 8. The fourth-order valence-electron chi connectivity index (χ4n) is 3.30. The predicted molar refractivity (Wildman–Crippen MR) is 153 cm³/mol. The van der Waals surface area contributed by atoms with E-state index in [0.29, 0.717) is 22.3 Å². The molecule has 0 atom stereocenters. The molecular weight excluding hydrogens is 496 g/mol. The van der Waals surface area contributed by atoms with Gasteiger partial charge in [0.05, 0.1) is 0 Å². The molecule has 0 spiro atoms. The van der Waals surface area contributed by atoms with Crippen LogP contribution < -0.4 is 0 Å². The Bertz CT molecular complexity index is 1340. The van der Waals surface area contributed by atoms with Crippen molar-refractivity contribution in [3.8, 4) is 0 Å². The van der Waals surface area contributed by atoms with Crippen LogP contribution in [0.5, 0.6) is 0 Å². The van der Waals surface area contributed by atoms with Crippen molar-refractivity contribution in [1.29, 1.82) is 0 Å². The summed E-state index contributed by atoms with van der Waals surface area (Å²) in [5.74, 6) is -0.0507. The van der Waals surface area contributed by atoms with E-state index in [-0.39, 0.29) is 17.3 Å². The van der Waals surface area contributed by atoms with Crippen LogP contribution in [-0.2, 0) is 0 Å². The Hall–Kier alpha value is -4.67. The molecule has 5 heteroatoms. The van der Waals surface area contributed by atoms with Gasteiger partial charge in [-0.2, -0.15) is 0 Å². The van der Waals surface area contributed by atoms with Gasteiger partial charge in [0.15, 0.2) is 17.3 Å². The van der Waals surface area contributed by atoms with Crippen molar-refractivity contribution in [3.05, 3.63) is 155 Å². The smallest absolute Gasteiger partial charge is 0.252 e. The van der Waals surface area contributed by atoms with Crippen molar-refractivity contribution >= 4 is 46.3 Å². The number of ketones is 3. The SMILES string of the molecule is CC(=O)c1ccc(C=CC(=O)c2ccccc2)cc1.O=C(Cl)c1ccc(C=CC(=O)c2ccccc2)cc1. The maximum absolute atomic E-state index is 11.9. The summed E-state index contributed by atoms with van der Waals surface area (Å²) in [6.45, 7) is 1.53. The van der Waals surface area contributed by atoms with E-state index in [1.165, 1.54) is 19.1 Å². The van der Waals surface area contributed by atoms with Crippen molar-refractivity contribution in [2.75, 3.05) is 0 Å². The molecule has 4 aromatic rings. The molecule has 4 rings (SSSR count). The average Bonchev–Trinajstić information content (AvgIpc) is 2.96. The first-order chi connectivity index (χ1) is 18.3. The zero-order valence-electron chi connectivity index (χ0n) is 20.7. The largest absolute Gasteiger partial charge is 0.295 e. The van der Waals surface area contributed by atoms with Crippen LogP contribution in [0.25, 0.3) is 12.2 Å². The first kappa shape index (κ1) is 27.9. The fourth-order valence-corrected chi connectivity index (χ4v) is 3.42. The summed E-state index contributed by atoms with van der Waals surface area (Å²) in [6, 6.07) is 32.1. The quantitative estimate of drug-likeness (QED) is 0.135. The predicted octanol–water partition coefficient (Wildman–Crippen LogP) is 7.75. The molecule has 0 aliphatic heterocycles. The third-order valence-corrected chi connectivity index (χ3v) is 5.64. The number of hydrogen-bond donors (Lipinski definition) is 0. The van der Waals surface area contributed by atoms with Crippen LogP contribution >= 0.6 is 11.6 Å². The minimum Gasteiger partial charge on any atom is -0.295 e. The summed E-state index contributed by atoms with van der Waals surface area (Å²) < 4.78 is 0. The van der Waals surface area contributed by atoms with Gasteiger partial charge >= 0.3 is 0 Å². The van der Waals surface area contributed by atoms with E-state index < -0.39 is 5.24 Å². The highest BCUT2D eigenvalue weighted by atomic mass is 35.5. The molecule has 4 nitrogen and oxygen atoms in total. The Morgan fingerprint density at radius 2 is 0.868 bits per heavy atom. The Morgan fingerprint density at radius 1 is 0.500 bits per heavy atom. The minimum atomic E-state index is -0.490. The lowest BCUT2D eigenvalue weighted by atomic mass is 10.1. The van der Waals surface area contributed by atoms with Gasteiger partial charge in [-0.05, 0) is 53.9 Å². The zero-order chi connectivity index (χ0) is 27.3. The molecule has 0 radical (unpaired) electrons. The van der Waals surface area contributed by atoms with Crippen LogP contribution in [0.4, 0.5) is 0 Å². The standard InChI is InChI=1S/C17H14O2.C16H11ClO2/c1-13(18)15-10-7-14(8-11-15)9-12-17(19)16-5-3-2-4-6-16;17-16(19)14-9-6-12(7-10-14)8-11-15(18)13-4-2-1-3-5-13/h2-12H,1H3;1-11H. The van der Waals surface area contributed by atoms with E-state index in [4.69, 9.17) is 11.6 Å². The lowest BCUT2D eigenvalue weighted by Gasteiger charge is -1.97. The highest BCUT2D eigenvalue weighted by molar-refractivity contribution is 6.67. The van der Waals surface area contributed by atoms with Crippen LogP contribution in [0.2, 0.25) is 0 Å². The highest BCUT2D eigenvalue weighted by Gasteiger charge is 2.02. The molecule has 0 aliphatic carbocycles. The van der Waals surface area contributed by atoms with Crippen LogP contribution in [0.15, 0.2) is 121 Å². The number of allylic oxidation sites excluding steroid dienone is 2. The Labute approximate surface area is 226 Å². The minimum absolute atomic E-state index is 0.0313. The lowest BCUT2D eigenvalue weighted by molar-refractivity contribution is 0.101. The summed E-state index contributed by atoms with van der Waals surface area (Å²) in [5.41, 5.74) is 4.16. The molecule has 0 aliphatic rings. The summed E-state index contributed by atoms with van der Waals surface area (Å²) in [5, 5.41) is -0.490. The van der Waals surface area contributed by atoms with Crippen LogP contribution in [0, 0.1) is 0 Å². The molecular formula is C33H25ClO4. The Balaban J connectivity index is 0.000000211. The number of Topliss-reactive ketones (excluding diaryl/α,β-unsaturated/α-hetero) is 1. The third-order valence-electron chi connectivity index (χ3n) is 5.43. The van der Waals surface area contributed by atoms with E-state index in [2.05, 4.69) is 0 Å². The number of hydrogen-bond acceptors (Lipinski definition) is 4. The van der Waals surface area contributed by atoms with E-state index in [0.717, 1.165) is 11.1 Å². The number of benzene rings is 4. The van der Waals surface area contributed by atoms with Gasteiger partial charge in [0.2, 0.25) is 0 Å². The van der Waals surface area contributed by atoms with Crippen molar-refractivity contribution in [1.82, 2.24) is 0 Å². The van der Waals surface area contributed by atoms with Gasteiger partial charge in [-0.1, -0.05) is 109 Å². The van der Waals surface area contributed by atoms with Crippen molar-refractivity contribution in [3.63, 3.8) is 0 Å². The molecule has 0 saturated heterocycles. The highest BCUT2D eigenvalue weighted by Crippen LogP contribution is 2.10. The molecule has 4 aromatic carbocycles. The van der Waals surface area contributed by atoms with E-state index in [9.17, 15) is 19.2 Å². The lowest BCUT2D eigenvalue weighted by Crippen LogP contribution is -1.93. The van der Waals surface area contributed by atoms with Gasteiger partial charge in [0.25, 0.3) is 5.24 Å². The first-order valence-electron chi connectivity index (χ1n) is 11.8. The maximum Gasteiger partial charge on any atom is 0.252 e. The Kier molecular flexibility index (Phi) is 10.4. The second-order valence-corrected chi connectivity index (χ2v) is 8.54. The normalized spacial score (nSPS) is 10.6. The third kappa shape index (κ3) is 8.77. The Morgan fingerprint density at radius 3 is 1.21 bits per heavy atom. The van der Waals surface area contributed by atoms with Crippen molar-refractivity contribution in [2.45, 2.75) is 6.92 Å². The molecule has 188 valence electrons. The molecule has 0 bridgehead atoms. The van der Waals surface area contributed by atoms with Gasteiger partial charge < -0.3 is 0 Å². The second-order valence-electron chi connectivity index (χ2n) is 8.20. The van der Waals surface area contributed by atoms with Crippen LogP contribution in [0.3, 0.4) is 0 Å². The molecule has 0 aromatic heterocycles. The van der Waals surface area contributed by atoms with E-state index >= 15 is 0 Å². The van der Waals surface area contributed by atoms with E-state index in [1.807, 2.05) is 48.5 Å². The molecule has 0 unspecified atom stereocenters. The van der Waals surface area contributed by atoms with Gasteiger partial charge in [0, 0.05) is 22.3 Å².